The number of nitrogen functional groups attached to an aromatic ring is 1. The molecule has 0 saturated carbocycles. The molecule has 32 heavy (non-hydrogen) atoms. The Bertz CT molecular complexity index is 1090. The van der Waals surface area contributed by atoms with Gasteiger partial charge in [-0.1, -0.05) is 0 Å². The summed E-state index contributed by atoms with van der Waals surface area (Å²) < 4.78 is 65.8. The number of aliphatic hydroxyl groups is 1. The maximum absolute atomic E-state index is 13.4. The van der Waals surface area contributed by atoms with Gasteiger partial charge in [0.15, 0.2) is 17.0 Å². The Labute approximate surface area is 178 Å². The first-order chi connectivity index (χ1) is 14.7. The second-order valence-electron chi connectivity index (χ2n) is 5.88. The summed E-state index contributed by atoms with van der Waals surface area (Å²) >= 11 is 0. The third kappa shape index (κ3) is 7.31. The number of nitrogens with two attached hydrogens (primary N) is 1. The van der Waals surface area contributed by atoms with E-state index in [0.717, 1.165) is 7.11 Å². The van der Waals surface area contributed by atoms with Gasteiger partial charge in [-0.05, 0) is 12.8 Å². The van der Waals surface area contributed by atoms with E-state index in [0.29, 0.717) is 6.42 Å². The van der Waals surface area contributed by atoms with Crippen molar-refractivity contribution in [3.05, 3.63) is 12.4 Å². The van der Waals surface area contributed by atoms with E-state index in [1.807, 2.05) is 0 Å². The number of imidazole rings is 1. The van der Waals surface area contributed by atoms with Crippen molar-refractivity contribution in [2.45, 2.75) is 25.2 Å². The quantitative estimate of drug-likeness (QED) is 0.198. The second kappa shape index (κ2) is 10.3. The van der Waals surface area contributed by atoms with Gasteiger partial charge < -0.3 is 35.2 Å². The summed E-state index contributed by atoms with van der Waals surface area (Å²) in [5.41, 5.74) is 5.80. The zero-order valence-corrected chi connectivity index (χ0v) is 18.7. The number of rotatable bonds is 8. The number of hydrogen-bond acceptors (Lipinski definition) is 12. The molecule has 1 aliphatic rings. The van der Waals surface area contributed by atoms with Gasteiger partial charge in [0.1, 0.15) is 6.23 Å². The molecule has 17 nitrogen and oxygen atoms in total. The van der Waals surface area contributed by atoms with Crippen LogP contribution in [0.4, 0.5) is 10.2 Å². The molecule has 0 radical (unpaired) electrons. The fourth-order valence-corrected chi connectivity index (χ4v) is 5.67. The van der Waals surface area contributed by atoms with E-state index in [2.05, 4.69) is 28.1 Å². The van der Waals surface area contributed by atoms with Gasteiger partial charge in [-0.3, -0.25) is 9.09 Å². The maximum Gasteiger partial charge on any atom is 0.490 e. The fourth-order valence-electron chi connectivity index (χ4n) is 2.62. The van der Waals surface area contributed by atoms with Crippen LogP contribution in [0, 0.1) is 6.08 Å². The van der Waals surface area contributed by atoms with Crippen molar-refractivity contribution in [3.8, 4) is 0 Å². The van der Waals surface area contributed by atoms with Crippen LogP contribution in [0.2, 0.25) is 0 Å². The van der Waals surface area contributed by atoms with Gasteiger partial charge in [0, 0.05) is 7.11 Å². The van der Waals surface area contributed by atoms with Crippen molar-refractivity contribution >= 4 is 40.4 Å². The number of anilines is 1. The molecule has 4 atom stereocenters. The molecule has 0 bridgehead atoms. The lowest BCUT2D eigenvalue weighted by atomic mass is 10.2. The van der Waals surface area contributed by atoms with Gasteiger partial charge in [0.25, 0.3) is 0 Å². The smallest absolute Gasteiger partial charge is 0.400 e. The van der Waals surface area contributed by atoms with Gasteiger partial charge in [0.2, 0.25) is 0 Å². The number of hydrogen-bond donors (Lipinski definition) is 6. The minimum atomic E-state index is -5.60. The highest BCUT2D eigenvalue weighted by molar-refractivity contribution is 7.66. The minimum Gasteiger partial charge on any atom is -0.400 e. The van der Waals surface area contributed by atoms with Gasteiger partial charge in [-0.15, -0.1) is 0 Å². The van der Waals surface area contributed by atoms with Crippen LogP contribution < -0.4 is 5.73 Å². The summed E-state index contributed by atoms with van der Waals surface area (Å²) in [6.45, 7) is -0.599. The van der Waals surface area contributed by atoms with Crippen LogP contribution in [0.25, 0.3) is 11.2 Å². The van der Waals surface area contributed by atoms with E-state index >= 15 is 0 Å². The van der Waals surface area contributed by atoms with Crippen molar-refractivity contribution in [3.63, 3.8) is 0 Å². The molecule has 0 aliphatic carbocycles. The van der Waals surface area contributed by atoms with Crippen LogP contribution in [-0.4, -0.2) is 64.0 Å². The van der Waals surface area contributed by atoms with Crippen LogP contribution in [0.15, 0.2) is 6.33 Å². The van der Waals surface area contributed by atoms with Gasteiger partial charge >= 0.3 is 29.5 Å². The molecule has 2 aromatic heterocycles. The third-order valence-electron chi connectivity index (χ3n) is 3.66. The van der Waals surface area contributed by atoms with E-state index in [-0.39, 0.29) is 23.4 Å². The standard InChI is InChI=1S/C10H15FN5O11P3.CH4O/c11-10-14-8(12)7-9(15-10)16(4-13-7)6-2-1-5(25-6)3-24-29(20,21)27-30(22,23)26-28(17,18)19;1-2/h4-6H,1-3H2,(H,20,21)(H,22,23)(H2,12,14,15)(H2,17,18,19);2H,1H3/t5-,6?;/m0./s1. The van der Waals surface area contributed by atoms with Crippen molar-refractivity contribution in [2.75, 3.05) is 19.5 Å². The molecule has 0 spiro atoms. The van der Waals surface area contributed by atoms with Crippen molar-refractivity contribution < 1.29 is 60.6 Å². The molecule has 3 heterocycles. The molecule has 1 aliphatic heterocycles. The fraction of sp³-hybridized carbons (Fsp3) is 0.545. The average molecular weight is 525 g/mol. The molecule has 3 unspecified atom stereocenters. The maximum atomic E-state index is 13.4. The monoisotopic (exact) mass is 525 g/mol. The highest BCUT2D eigenvalue weighted by atomic mass is 31.3. The molecule has 182 valence electrons. The van der Waals surface area contributed by atoms with E-state index in [4.69, 9.17) is 30.3 Å². The molecular weight excluding hydrogens is 506 g/mol. The van der Waals surface area contributed by atoms with Crippen molar-refractivity contribution in [1.82, 2.24) is 19.5 Å². The summed E-state index contributed by atoms with van der Waals surface area (Å²) in [4.78, 5) is 46.5. The largest absolute Gasteiger partial charge is 0.490 e. The predicted octanol–water partition coefficient (Wildman–Crippen LogP) is 0.177. The lowest BCUT2D eigenvalue weighted by molar-refractivity contribution is -0.0205. The number of phosphoric acid groups is 3. The van der Waals surface area contributed by atoms with E-state index in [9.17, 15) is 23.0 Å². The van der Waals surface area contributed by atoms with Gasteiger partial charge in [-0.2, -0.15) is 23.0 Å². The van der Waals surface area contributed by atoms with Gasteiger partial charge in [-0.25, -0.2) is 18.7 Å². The first-order valence-electron chi connectivity index (χ1n) is 8.29. The molecular formula is C11H19FN5O12P3. The number of fused-ring (bicyclic) bond motifs is 1. The normalized spacial score (nSPS) is 22.7. The molecule has 1 saturated heterocycles. The van der Waals surface area contributed by atoms with Crippen LogP contribution >= 0.6 is 23.5 Å². The first-order valence-corrected chi connectivity index (χ1v) is 12.8. The summed E-state index contributed by atoms with van der Waals surface area (Å²) in [7, 11) is -15.3. The lowest BCUT2D eigenvalue weighted by Gasteiger charge is -2.18. The Morgan fingerprint density at radius 2 is 1.81 bits per heavy atom. The first kappa shape index (κ1) is 26.9. The number of phosphoric ester groups is 1. The minimum absolute atomic E-state index is 0.0681. The van der Waals surface area contributed by atoms with Crippen LogP contribution in [0.1, 0.15) is 19.1 Å². The molecule has 21 heteroatoms. The highest BCUT2D eigenvalue weighted by Gasteiger charge is 2.41. The Morgan fingerprint density at radius 1 is 1.16 bits per heavy atom. The number of ether oxygens (including phenoxy) is 1. The zero-order chi connectivity index (χ0) is 24.3. The second-order valence-corrected chi connectivity index (χ2v) is 10.3. The third-order valence-corrected chi connectivity index (χ3v) is 7.46. The Balaban J connectivity index is 0.00000176. The Hall–Kier alpha value is -1.39. The summed E-state index contributed by atoms with van der Waals surface area (Å²) in [6, 6.07) is 0. The summed E-state index contributed by atoms with van der Waals surface area (Å²) in [5, 5.41) is 7.00. The van der Waals surface area contributed by atoms with Gasteiger partial charge in [0.05, 0.1) is 19.0 Å². The Kier molecular flexibility index (Phi) is 8.61. The molecule has 2 aromatic rings. The Morgan fingerprint density at radius 3 is 2.44 bits per heavy atom. The number of halogens is 1. The molecule has 0 aromatic carbocycles. The van der Waals surface area contributed by atoms with Crippen molar-refractivity contribution in [2.24, 2.45) is 0 Å². The van der Waals surface area contributed by atoms with Crippen LogP contribution in [0.3, 0.4) is 0 Å². The molecule has 0 amide bonds. The SMILES string of the molecule is CO.Nc1nc(F)nc2c1ncn2C1CC[C@@H](COP(=O)(O)OP(=O)(O)OP(=O)(O)O)O1. The van der Waals surface area contributed by atoms with Crippen molar-refractivity contribution in [1.29, 1.82) is 0 Å². The topological polar surface area (TPSA) is 259 Å². The predicted molar refractivity (Wildman–Crippen MR) is 101 cm³/mol. The number of nitrogens with zero attached hydrogens (tertiary/aromatic N) is 4. The van der Waals surface area contributed by atoms with Crippen LogP contribution in [-0.2, 0) is 31.6 Å². The average Bonchev–Trinajstić information content (AvgIpc) is 3.25. The number of aromatic nitrogens is 4. The van der Waals surface area contributed by atoms with Crippen LogP contribution in [0.5, 0.6) is 0 Å². The molecule has 7 N–H and O–H groups in total. The highest BCUT2D eigenvalue weighted by Crippen LogP contribution is 2.66. The zero-order valence-electron chi connectivity index (χ0n) is 16.0. The molecule has 3 rings (SSSR count). The summed E-state index contributed by atoms with van der Waals surface area (Å²) in [5.74, 6) is -0.168. The van der Waals surface area contributed by atoms with E-state index in [1.54, 1.807) is 0 Å². The summed E-state index contributed by atoms with van der Waals surface area (Å²) in [6.07, 6.45) is -0.668. The number of aliphatic hydroxyl groups excluding tert-OH is 1. The van der Waals surface area contributed by atoms with E-state index < -0.39 is 48.5 Å². The lowest BCUT2D eigenvalue weighted by Crippen LogP contribution is -2.16. The van der Waals surface area contributed by atoms with E-state index in [1.165, 1.54) is 10.9 Å². The molecule has 1 fully saturated rings.